The van der Waals surface area contributed by atoms with Crippen molar-refractivity contribution in [1.82, 2.24) is 14.5 Å². The van der Waals surface area contributed by atoms with Gasteiger partial charge in [-0.25, -0.2) is 0 Å². The van der Waals surface area contributed by atoms with E-state index in [-0.39, 0.29) is 5.56 Å². The fourth-order valence-corrected chi connectivity index (χ4v) is 1.95. The molecule has 0 bridgehead atoms. The Hall–Kier alpha value is -0.980. The lowest BCUT2D eigenvalue weighted by molar-refractivity contribution is 0.0363. The molecule has 6 heteroatoms. The van der Waals surface area contributed by atoms with E-state index in [1.54, 1.807) is 6.20 Å². The number of morpholine rings is 1. The van der Waals surface area contributed by atoms with Crippen molar-refractivity contribution in [3.8, 4) is 0 Å². The highest BCUT2D eigenvalue weighted by Crippen LogP contribution is 1.97. The molecule has 2 heterocycles. The second-order valence-corrected chi connectivity index (χ2v) is 4.14. The molecule has 1 N–H and O–H groups in total. The zero-order valence-electron chi connectivity index (χ0n) is 9.02. The zero-order valence-corrected chi connectivity index (χ0v) is 9.83. The van der Waals surface area contributed by atoms with Gasteiger partial charge in [0, 0.05) is 38.4 Å². The van der Waals surface area contributed by atoms with Gasteiger partial charge < -0.3 is 9.30 Å². The molecule has 0 radical (unpaired) electrons. The topological polar surface area (TPSA) is 50.3 Å². The molecule has 0 spiro atoms. The lowest BCUT2D eigenvalue weighted by atomic mass is 10.4. The normalized spacial score (nSPS) is 17.5. The van der Waals surface area contributed by atoms with Gasteiger partial charge in [-0.3, -0.25) is 14.7 Å². The van der Waals surface area contributed by atoms with Crippen molar-refractivity contribution in [3.05, 3.63) is 27.4 Å². The van der Waals surface area contributed by atoms with Crippen LogP contribution in [0.25, 0.3) is 0 Å². The van der Waals surface area contributed by atoms with Gasteiger partial charge in [-0.05, 0) is 12.2 Å². The highest BCUT2D eigenvalue weighted by Gasteiger charge is 2.09. The van der Waals surface area contributed by atoms with E-state index < -0.39 is 0 Å². The molecule has 16 heavy (non-hydrogen) atoms. The maximum Gasteiger partial charge on any atom is 0.251 e. The first kappa shape index (κ1) is 11.5. The van der Waals surface area contributed by atoms with Crippen LogP contribution < -0.4 is 5.56 Å². The second kappa shape index (κ2) is 5.38. The van der Waals surface area contributed by atoms with Crippen LogP contribution in [0, 0.1) is 4.77 Å². The summed E-state index contributed by atoms with van der Waals surface area (Å²) in [7, 11) is 0. The van der Waals surface area contributed by atoms with Crippen molar-refractivity contribution in [2.45, 2.75) is 6.54 Å². The van der Waals surface area contributed by atoms with E-state index >= 15 is 0 Å². The third-order valence-corrected chi connectivity index (χ3v) is 2.99. The van der Waals surface area contributed by atoms with Crippen LogP contribution in [0.1, 0.15) is 0 Å². The number of hydrogen-bond donors (Lipinski definition) is 1. The van der Waals surface area contributed by atoms with Crippen LogP contribution in [0.2, 0.25) is 0 Å². The molecular weight excluding hydrogens is 226 g/mol. The minimum absolute atomic E-state index is 0.146. The molecule has 0 amide bonds. The molecule has 1 aliphatic rings. The minimum atomic E-state index is -0.146. The Morgan fingerprint density at radius 1 is 1.38 bits per heavy atom. The molecule has 1 fully saturated rings. The fourth-order valence-electron chi connectivity index (χ4n) is 1.69. The first-order chi connectivity index (χ1) is 7.75. The predicted molar refractivity (Wildman–Crippen MR) is 63.1 cm³/mol. The molecule has 5 nitrogen and oxygen atoms in total. The molecular formula is C10H15N3O2S. The smallest absolute Gasteiger partial charge is 0.251 e. The minimum Gasteiger partial charge on any atom is -0.379 e. The van der Waals surface area contributed by atoms with E-state index in [4.69, 9.17) is 17.0 Å². The standard InChI is InChI=1S/C10H15N3O2S/c14-9-1-2-13(10(16)11-9)4-3-12-5-7-15-8-6-12/h1-2H,3-8H2,(H,11,14,16). The number of aromatic nitrogens is 2. The Kier molecular flexibility index (Phi) is 3.87. The molecule has 1 aromatic heterocycles. The van der Waals surface area contributed by atoms with Crippen molar-refractivity contribution in [2.24, 2.45) is 0 Å². The van der Waals surface area contributed by atoms with E-state index in [1.807, 2.05) is 4.57 Å². The largest absolute Gasteiger partial charge is 0.379 e. The van der Waals surface area contributed by atoms with Crippen LogP contribution in [-0.2, 0) is 11.3 Å². The maximum atomic E-state index is 11.0. The van der Waals surface area contributed by atoms with Crippen molar-refractivity contribution in [3.63, 3.8) is 0 Å². The Balaban J connectivity index is 1.93. The average molecular weight is 241 g/mol. The van der Waals surface area contributed by atoms with Crippen LogP contribution in [-0.4, -0.2) is 47.3 Å². The van der Waals surface area contributed by atoms with Gasteiger partial charge in [0.15, 0.2) is 4.77 Å². The first-order valence-corrected chi connectivity index (χ1v) is 5.76. The number of aromatic amines is 1. The summed E-state index contributed by atoms with van der Waals surface area (Å²) in [6.45, 7) is 5.28. The van der Waals surface area contributed by atoms with Crippen molar-refractivity contribution >= 4 is 12.2 Å². The van der Waals surface area contributed by atoms with Crippen LogP contribution >= 0.6 is 12.2 Å². The Bertz CT molecular complexity index is 448. The summed E-state index contributed by atoms with van der Waals surface area (Å²) >= 11 is 5.07. The third kappa shape index (κ3) is 3.01. The summed E-state index contributed by atoms with van der Waals surface area (Å²) < 4.78 is 7.64. The zero-order chi connectivity index (χ0) is 11.4. The fraction of sp³-hybridized carbons (Fsp3) is 0.600. The van der Waals surface area contributed by atoms with Crippen LogP contribution in [0.15, 0.2) is 17.1 Å². The number of rotatable bonds is 3. The SMILES string of the molecule is O=c1ccn(CCN2CCOCC2)c(=S)[nH]1. The van der Waals surface area contributed by atoms with Crippen LogP contribution in [0.4, 0.5) is 0 Å². The molecule has 1 aliphatic heterocycles. The first-order valence-electron chi connectivity index (χ1n) is 5.35. The van der Waals surface area contributed by atoms with E-state index in [9.17, 15) is 4.79 Å². The number of ether oxygens (including phenoxy) is 1. The average Bonchev–Trinajstić information content (AvgIpc) is 2.29. The van der Waals surface area contributed by atoms with Crippen molar-refractivity contribution < 1.29 is 4.74 Å². The molecule has 1 saturated heterocycles. The molecule has 0 aromatic carbocycles. The summed E-state index contributed by atoms with van der Waals surface area (Å²) in [5.41, 5.74) is -0.146. The highest BCUT2D eigenvalue weighted by molar-refractivity contribution is 7.71. The molecule has 0 atom stereocenters. The number of hydrogen-bond acceptors (Lipinski definition) is 4. The van der Waals surface area contributed by atoms with Gasteiger partial charge in [-0.1, -0.05) is 0 Å². The maximum absolute atomic E-state index is 11.0. The highest BCUT2D eigenvalue weighted by atomic mass is 32.1. The van der Waals surface area contributed by atoms with Crippen LogP contribution in [0.3, 0.4) is 0 Å². The Morgan fingerprint density at radius 3 is 2.81 bits per heavy atom. The molecule has 88 valence electrons. The quantitative estimate of drug-likeness (QED) is 0.770. The summed E-state index contributed by atoms with van der Waals surface area (Å²) in [6.07, 6.45) is 1.74. The van der Waals surface area contributed by atoms with Gasteiger partial charge >= 0.3 is 0 Å². The number of H-pyrrole nitrogens is 1. The van der Waals surface area contributed by atoms with Crippen LogP contribution in [0.5, 0.6) is 0 Å². The van der Waals surface area contributed by atoms with Gasteiger partial charge in [0.05, 0.1) is 13.2 Å². The van der Waals surface area contributed by atoms with E-state index in [1.165, 1.54) is 6.07 Å². The molecule has 2 rings (SSSR count). The van der Waals surface area contributed by atoms with E-state index in [2.05, 4.69) is 9.88 Å². The van der Waals surface area contributed by atoms with Gasteiger partial charge in [0.25, 0.3) is 5.56 Å². The summed E-state index contributed by atoms with van der Waals surface area (Å²) in [4.78, 5) is 15.9. The number of nitrogens with zero attached hydrogens (tertiary/aromatic N) is 2. The van der Waals surface area contributed by atoms with Gasteiger partial charge in [-0.15, -0.1) is 0 Å². The van der Waals surface area contributed by atoms with Crippen molar-refractivity contribution in [2.75, 3.05) is 32.8 Å². The molecule has 1 aromatic rings. The van der Waals surface area contributed by atoms with Gasteiger partial charge in [0.2, 0.25) is 0 Å². The summed E-state index contributed by atoms with van der Waals surface area (Å²) in [5, 5.41) is 0. The number of nitrogens with one attached hydrogen (secondary N) is 1. The monoisotopic (exact) mass is 241 g/mol. The van der Waals surface area contributed by atoms with Gasteiger partial charge in [0.1, 0.15) is 0 Å². The second-order valence-electron chi connectivity index (χ2n) is 3.76. The lowest BCUT2D eigenvalue weighted by Gasteiger charge is -2.26. The Labute approximate surface area is 98.7 Å². The molecule has 0 unspecified atom stereocenters. The summed E-state index contributed by atoms with van der Waals surface area (Å²) in [5.74, 6) is 0. The predicted octanol–water partition coefficient (Wildman–Crippen LogP) is 0.238. The lowest BCUT2D eigenvalue weighted by Crippen LogP contribution is -2.38. The Morgan fingerprint density at radius 2 is 2.12 bits per heavy atom. The molecule has 0 saturated carbocycles. The third-order valence-electron chi connectivity index (χ3n) is 2.66. The van der Waals surface area contributed by atoms with Gasteiger partial charge in [-0.2, -0.15) is 0 Å². The van der Waals surface area contributed by atoms with E-state index in [0.29, 0.717) is 4.77 Å². The summed E-state index contributed by atoms with van der Waals surface area (Å²) in [6, 6.07) is 1.50. The molecule has 0 aliphatic carbocycles. The van der Waals surface area contributed by atoms with Crippen molar-refractivity contribution in [1.29, 1.82) is 0 Å². The van der Waals surface area contributed by atoms with E-state index in [0.717, 1.165) is 39.4 Å².